The molecule has 1 fully saturated rings. The molecule has 0 N–H and O–H groups in total. The van der Waals surface area contributed by atoms with Crippen LogP contribution in [0.25, 0.3) is 33.1 Å². The smallest absolute Gasteiger partial charge is 0.329 e. The summed E-state index contributed by atoms with van der Waals surface area (Å²) in [5, 5.41) is 0.729. The third kappa shape index (κ3) is 2.82. The number of benzene rings is 1. The van der Waals surface area contributed by atoms with Crippen molar-refractivity contribution in [1.82, 2.24) is 19.1 Å². The molecule has 4 heterocycles. The molecule has 1 saturated heterocycles. The van der Waals surface area contributed by atoms with Crippen molar-refractivity contribution >= 4 is 21.9 Å². The summed E-state index contributed by atoms with van der Waals surface area (Å²) in [6, 6.07) is 7.68. The lowest BCUT2D eigenvalue weighted by molar-refractivity contribution is 0.0593. The van der Waals surface area contributed by atoms with Gasteiger partial charge in [-0.1, -0.05) is 6.07 Å². The van der Waals surface area contributed by atoms with Crippen molar-refractivity contribution < 1.29 is 13.5 Å². The van der Waals surface area contributed by atoms with Crippen molar-refractivity contribution in [3.63, 3.8) is 0 Å². The zero-order chi connectivity index (χ0) is 20.1. The highest BCUT2D eigenvalue weighted by molar-refractivity contribution is 6.04. The molecule has 1 aliphatic heterocycles. The Bertz CT molecular complexity index is 1310. The zero-order valence-electron chi connectivity index (χ0n) is 15.7. The van der Waals surface area contributed by atoms with E-state index in [1.165, 1.54) is 6.07 Å². The largest absolute Gasteiger partial charge is 0.379 e. The normalized spacial score (nSPS) is 17.3. The molecule has 8 heteroatoms. The van der Waals surface area contributed by atoms with Gasteiger partial charge in [0, 0.05) is 24.6 Å². The van der Waals surface area contributed by atoms with Gasteiger partial charge in [0.1, 0.15) is 0 Å². The van der Waals surface area contributed by atoms with Crippen LogP contribution in [0.15, 0.2) is 41.3 Å². The Hall–Kier alpha value is -3.13. The molecule has 4 aromatic rings. The predicted octanol–water partition coefficient (Wildman–Crippen LogP) is 3.58. The van der Waals surface area contributed by atoms with Crippen molar-refractivity contribution in [1.29, 1.82) is 0 Å². The lowest BCUT2D eigenvalue weighted by Crippen LogP contribution is -2.31. The second-order valence-electron chi connectivity index (χ2n) is 7.28. The van der Waals surface area contributed by atoms with Crippen LogP contribution in [-0.4, -0.2) is 32.3 Å². The second-order valence-corrected chi connectivity index (χ2v) is 7.28. The second kappa shape index (κ2) is 6.73. The topological polar surface area (TPSA) is 61.9 Å². The molecule has 5 rings (SSSR count). The van der Waals surface area contributed by atoms with Crippen molar-refractivity contribution in [2.75, 3.05) is 13.2 Å². The first-order chi connectivity index (χ1) is 14.0. The summed E-state index contributed by atoms with van der Waals surface area (Å²) >= 11 is 0. The fraction of sp³-hybridized carbons (Fsp3) is 0.286. The molecule has 148 valence electrons. The van der Waals surface area contributed by atoms with E-state index < -0.39 is 11.9 Å². The van der Waals surface area contributed by atoms with Gasteiger partial charge in [0.2, 0.25) is 11.9 Å². The summed E-state index contributed by atoms with van der Waals surface area (Å²) < 4.78 is 36.4. The highest BCUT2D eigenvalue weighted by Crippen LogP contribution is 2.31. The first-order valence-corrected chi connectivity index (χ1v) is 9.44. The van der Waals surface area contributed by atoms with Gasteiger partial charge in [0.15, 0.2) is 0 Å². The highest BCUT2D eigenvalue weighted by atomic mass is 19.1. The van der Waals surface area contributed by atoms with Crippen LogP contribution < -0.4 is 5.69 Å². The van der Waals surface area contributed by atoms with Crippen molar-refractivity contribution in [2.24, 2.45) is 7.05 Å². The maximum Gasteiger partial charge on any atom is 0.329 e. The van der Waals surface area contributed by atoms with E-state index in [1.54, 1.807) is 40.6 Å². The molecule has 0 spiro atoms. The number of imidazole rings is 1. The Morgan fingerprint density at radius 1 is 1.21 bits per heavy atom. The standard InChI is InChI=1S/C21H18F2N4O2/c1-26-17-10-24-16-6-4-12(14-5-7-18(22)25-20(14)23)9-15(16)19(17)27(21(26)28)13-3-2-8-29-11-13/h4-7,9-10,13H,2-3,8,11H2,1H3/t13-/m0/s1. The third-order valence-corrected chi connectivity index (χ3v) is 5.54. The molecule has 6 nitrogen and oxygen atoms in total. The van der Waals surface area contributed by atoms with E-state index in [0.717, 1.165) is 29.8 Å². The van der Waals surface area contributed by atoms with Crippen molar-refractivity contribution in [3.05, 3.63) is 58.9 Å². The zero-order valence-corrected chi connectivity index (χ0v) is 15.7. The van der Waals surface area contributed by atoms with Crippen LogP contribution in [-0.2, 0) is 11.8 Å². The van der Waals surface area contributed by atoms with Gasteiger partial charge in [-0.05, 0) is 42.7 Å². The Morgan fingerprint density at radius 2 is 2.07 bits per heavy atom. The van der Waals surface area contributed by atoms with Crippen LogP contribution in [0.1, 0.15) is 18.9 Å². The number of fused-ring (bicyclic) bond motifs is 3. The molecule has 29 heavy (non-hydrogen) atoms. The molecule has 0 saturated carbocycles. The van der Waals surface area contributed by atoms with Crippen LogP contribution in [0.2, 0.25) is 0 Å². The molecule has 1 aromatic carbocycles. The van der Waals surface area contributed by atoms with Crippen molar-refractivity contribution in [2.45, 2.75) is 18.9 Å². The minimum atomic E-state index is -0.879. The molecule has 0 radical (unpaired) electrons. The number of hydrogen-bond acceptors (Lipinski definition) is 4. The fourth-order valence-electron chi connectivity index (χ4n) is 4.09. The van der Waals surface area contributed by atoms with Gasteiger partial charge in [-0.15, -0.1) is 0 Å². The van der Waals surface area contributed by atoms with Crippen LogP contribution in [0.5, 0.6) is 0 Å². The molecule has 0 bridgehead atoms. The molecular weight excluding hydrogens is 378 g/mol. The van der Waals surface area contributed by atoms with Gasteiger partial charge in [0.25, 0.3) is 0 Å². The summed E-state index contributed by atoms with van der Waals surface area (Å²) in [6.07, 6.45) is 3.41. The summed E-state index contributed by atoms with van der Waals surface area (Å²) in [6.45, 7) is 1.17. The number of rotatable bonds is 2. The van der Waals surface area contributed by atoms with E-state index in [9.17, 15) is 13.6 Å². The Morgan fingerprint density at radius 3 is 2.83 bits per heavy atom. The summed E-state index contributed by atoms with van der Waals surface area (Å²) in [5.41, 5.74) is 2.73. The third-order valence-electron chi connectivity index (χ3n) is 5.54. The number of ether oxygens (including phenoxy) is 1. The Balaban J connectivity index is 1.81. The fourth-order valence-corrected chi connectivity index (χ4v) is 4.09. The van der Waals surface area contributed by atoms with Crippen LogP contribution >= 0.6 is 0 Å². The predicted molar refractivity (Wildman–Crippen MR) is 105 cm³/mol. The number of aryl methyl sites for hydroxylation is 1. The molecule has 0 amide bonds. The first-order valence-electron chi connectivity index (χ1n) is 9.44. The van der Waals surface area contributed by atoms with Crippen LogP contribution in [0.3, 0.4) is 0 Å². The lowest BCUT2D eigenvalue weighted by atomic mass is 10.0. The number of nitrogens with zero attached hydrogens (tertiary/aromatic N) is 4. The Labute approximate surface area is 164 Å². The van der Waals surface area contributed by atoms with E-state index in [-0.39, 0.29) is 17.3 Å². The maximum atomic E-state index is 14.2. The lowest BCUT2D eigenvalue weighted by Gasteiger charge is -2.23. The van der Waals surface area contributed by atoms with Gasteiger partial charge in [-0.2, -0.15) is 13.8 Å². The average molecular weight is 396 g/mol. The average Bonchev–Trinajstić information content (AvgIpc) is 2.99. The van der Waals surface area contributed by atoms with E-state index in [0.29, 0.717) is 29.8 Å². The highest BCUT2D eigenvalue weighted by Gasteiger charge is 2.24. The monoisotopic (exact) mass is 396 g/mol. The molecule has 1 aliphatic rings. The van der Waals surface area contributed by atoms with Crippen LogP contribution in [0, 0.1) is 11.9 Å². The quantitative estimate of drug-likeness (QED) is 0.486. The van der Waals surface area contributed by atoms with E-state index in [2.05, 4.69) is 9.97 Å². The van der Waals surface area contributed by atoms with Crippen molar-refractivity contribution in [3.8, 4) is 11.1 Å². The van der Waals surface area contributed by atoms with Gasteiger partial charge in [-0.3, -0.25) is 14.1 Å². The van der Waals surface area contributed by atoms with E-state index >= 15 is 0 Å². The number of pyridine rings is 2. The molecule has 1 atom stereocenters. The first kappa shape index (κ1) is 17.9. The van der Waals surface area contributed by atoms with Gasteiger partial charge in [0.05, 0.1) is 35.4 Å². The SMILES string of the molecule is Cn1c(=O)n([C@H]2CCCOC2)c2c3cc(-c4ccc(F)nc4F)ccc3ncc21. The summed E-state index contributed by atoms with van der Waals surface area (Å²) in [7, 11) is 1.71. The molecule has 0 unspecified atom stereocenters. The van der Waals surface area contributed by atoms with Crippen LogP contribution in [0.4, 0.5) is 8.78 Å². The van der Waals surface area contributed by atoms with Gasteiger partial charge < -0.3 is 4.74 Å². The summed E-state index contributed by atoms with van der Waals surface area (Å²) in [4.78, 5) is 20.8. The number of halogens is 2. The number of hydrogen-bond donors (Lipinski definition) is 0. The minimum absolute atomic E-state index is 0.0709. The van der Waals surface area contributed by atoms with Gasteiger partial charge >= 0.3 is 5.69 Å². The van der Waals surface area contributed by atoms with Gasteiger partial charge in [-0.25, -0.2) is 4.79 Å². The van der Waals surface area contributed by atoms with E-state index in [1.807, 2.05) is 0 Å². The molecule has 0 aliphatic carbocycles. The number of aromatic nitrogens is 4. The minimum Gasteiger partial charge on any atom is -0.379 e. The molecule has 3 aromatic heterocycles. The summed E-state index contributed by atoms with van der Waals surface area (Å²) in [5.74, 6) is -1.75. The Kier molecular flexibility index (Phi) is 4.16. The maximum absolute atomic E-state index is 14.2. The van der Waals surface area contributed by atoms with E-state index in [4.69, 9.17) is 4.74 Å². The molecular formula is C21H18F2N4O2.